The summed E-state index contributed by atoms with van der Waals surface area (Å²) in [6.45, 7) is 5.73. The molecule has 5 rings (SSSR count). The van der Waals surface area contributed by atoms with Crippen LogP contribution in [-0.4, -0.2) is 18.0 Å². The Morgan fingerprint density at radius 2 is 2.17 bits per heavy atom. The molecule has 128 valence electrons. The second kappa shape index (κ2) is 4.94. The van der Waals surface area contributed by atoms with Crippen LogP contribution in [0.25, 0.3) is 0 Å². The van der Waals surface area contributed by atoms with E-state index >= 15 is 0 Å². The van der Waals surface area contributed by atoms with Crippen LogP contribution in [-0.2, 0) is 9.53 Å². The molecule has 0 radical (unpaired) electrons. The molecule has 1 aliphatic heterocycles. The first-order chi connectivity index (χ1) is 11.5. The number of hydrogen-bond donors (Lipinski definition) is 0. The van der Waals surface area contributed by atoms with E-state index in [0.717, 1.165) is 25.4 Å². The van der Waals surface area contributed by atoms with Gasteiger partial charge in [-0.3, -0.25) is 4.79 Å². The largest absolute Gasteiger partial charge is 0.366 e. The molecule has 0 bridgehead atoms. The van der Waals surface area contributed by atoms with Crippen LogP contribution in [0.3, 0.4) is 0 Å². The maximum absolute atomic E-state index is 11.8. The fraction of sp³-hybridized carbons (Fsp3) is 0.682. The van der Waals surface area contributed by atoms with Gasteiger partial charge in [-0.15, -0.1) is 0 Å². The molecule has 7 atom stereocenters. The van der Waals surface area contributed by atoms with Gasteiger partial charge in [0.05, 0.1) is 12.2 Å². The average molecular weight is 324 g/mol. The van der Waals surface area contributed by atoms with Crippen LogP contribution < -0.4 is 0 Å². The molecule has 1 spiro atoms. The first kappa shape index (κ1) is 15.1. The third-order valence-corrected chi connectivity index (χ3v) is 8.16. The molecular formula is C22H28O2. The Bertz CT molecular complexity index is 671. The molecule has 2 nitrogen and oxygen atoms in total. The van der Waals surface area contributed by atoms with Gasteiger partial charge >= 0.3 is 0 Å². The third kappa shape index (κ3) is 1.78. The lowest BCUT2D eigenvalue weighted by molar-refractivity contribution is -0.116. The fourth-order valence-corrected chi connectivity index (χ4v) is 7.24. The first-order valence-electron chi connectivity index (χ1n) is 9.78. The summed E-state index contributed by atoms with van der Waals surface area (Å²) in [6.07, 6.45) is 16.8. The lowest BCUT2D eigenvalue weighted by Crippen LogP contribution is -2.51. The summed E-state index contributed by atoms with van der Waals surface area (Å²) < 4.78 is 6.35. The standard InChI is InChI=1S/C22H28O2/c1-14-13-22(9-3-11-24-22)21(2)10-8-18-17-7-5-16(23)12-15(17)4-6-19(18)20(14)21/h3-4,6,9,12,14,17-20H,5,7-8,10-11,13H2,1-2H3/t14?,17?,18?,19?,20?,21-,22?/m0/s1. The molecule has 2 fully saturated rings. The summed E-state index contributed by atoms with van der Waals surface area (Å²) in [5, 5.41) is 0. The number of rotatable bonds is 0. The zero-order valence-electron chi connectivity index (χ0n) is 14.8. The summed E-state index contributed by atoms with van der Waals surface area (Å²) in [6, 6.07) is 0. The maximum atomic E-state index is 11.8. The van der Waals surface area contributed by atoms with E-state index in [2.05, 4.69) is 38.2 Å². The van der Waals surface area contributed by atoms with Crippen molar-refractivity contribution in [3.8, 4) is 0 Å². The van der Waals surface area contributed by atoms with Crippen LogP contribution in [0, 0.1) is 35.0 Å². The minimum atomic E-state index is -0.0193. The monoisotopic (exact) mass is 324 g/mol. The fourth-order valence-electron chi connectivity index (χ4n) is 7.24. The van der Waals surface area contributed by atoms with Gasteiger partial charge in [-0.2, -0.15) is 0 Å². The Kier molecular flexibility index (Phi) is 3.11. The van der Waals surface area contributed by atoms with E-state index in [9.17, 15) is 4.79 Å². The number of fused-ring (bicyclic) bond motifs is 6. The van der Waals surface area contributed by atoms with Gasteiger partial charge in [-0.25, -0.2) is 0 Å². The van der Waals surface area contributed by atoms with Crippen molar-refractivity contribution >= 4 is 5.78 Å². The summed E-state index contributed by atoms with van der Waals surface area (Å²) in [5.74, 6) is 3.73. The zero-order valence-corrected chi connectivity index (χ0v) is 14.8. The van der Waals surface area contributed by atoms with Gasteiger partial charge in [-0.05, 0) is 66.9 Å². The van der Waals surface area contributed by atoms with Crippen molar-refractivity contribution in [1.29, 1.82) is 0 Å². The van der Waals surface area contributed by atoms with Crippen LogP contribution in [0.4, 0.5) is 0 Å². The minimum Gasteiger partial charge on any atom is -0.366 e. The number of carbonyl (C=O) groups excluding carboxylic acids is 1. The second-order valence-electron chi connectivity index (χ2n) is 9.12. The predicted octanol–water partition coefficient (Wildman–Crippen LogP) is 4.48. The number of ether oxygens (including phenoxy) is 1. The summed E-state index contributed by atoms with van der Waals surface area (Å²) >= 11 is 0. The molecule has 6 unspecified atom stereocenters. The Balaban J connectivity index is 1.55. The number of allylic oxidation sites excluding steroid dienone is 4. The predicted molar refractivity (Wildman–Crippen MR) is 94.4 cm³/mol. The van der Waals surface area contributed by atoms with E-state index in [1.807, 2.05) is 6.08 Å². The highest BCUT2D eigenvalue weighted by Gasteiger charge is 2.65. The summed E-state index contributed by atoms with van der Waals surface area (Å²) in [5.41, 5.74) is 1.55. The van der Waals surface area contributed by atoms with Crippen molar-refractivity contribution < 1.29 is 9.53 Å². The van der Waals surface area contributed by atoms with E-state index in [0.29, 0.717) is 29.5 Å². The topological polar surface area (TPSA) is 26.3 Å². The van der Waals surface area contributed by atoms with Crippen molar-refractivity contribution in [2.75, 3.05) is 6.61 Å². The van der Waals surface area contributed by atoms with Crippen molar-refractivity contribution in [2.24, 2.45) is 35.0 Å². The van der Waals surface area contributed by atoms with E-state index in [1.54, 1.807) is 0 Å². The van der Waals surface area contributed by atoms with Gasteiger partial charge in [0, 0.05) is 11.8 Å². The summed E-state index contributed by atoms with van der Waals surface area (Å²) in [4.78, 5) is 11.8. The lowest BCUT2D eigenvalue weighted by atomic mass is 9.51. The summed E-state index contributed by atoms with van der Waals surface area (Å²) in [7, 11) is 0. The molecular weight excluding hydrogens is 296 g/mol. The highest BCUT2D eigenvalue weighted by atomic mass is 16.5. The van der Waals surface area contributed by atoms with E-state index in [4.69, 9.17) is 4.74 Å². The lowest BCUT2D eigenvalue weighted by Gasteiger charge is -2.54. The molecule has 24 heavy (non-hydrogen) atoms. The van der Waals surface area contributed by atoms with Crippen LogP contribution in [0.2, 0.25) is 0 Å². The highest BCUT2D eigenvalue weighted by molar-refractivity contribution is 5.91. The quantitative estimate of drug-likeness (QED) is 0.614. The van der Waals surface area contributed by atoms with Crippen molar-refractivity contribution in [3.63, 3.8) is 0 Å². The van der Waals surface area contributed by atoms with Crippen LogP contribution in [0.5, 0.6) is 0 Å². The van der Waals surface area contributed by atoms with Crippen molar-refractivity contribution in [2.45, 2.75) is 51.6 Å². The first-order valence-corrected chi connectivity index (χ1v) is 9.78. The molecule has 0 N–H and O–H groups in total. The normalized spacial score (nSPS) is 52.2. The van der Waals surface area contributed by atoms with Gasteiger partial charge < -0.3 is 4.74 Å². The zero-order chi connectivity index (χ0) is 16.5. The molecule has 0 aromatic heterocycles. The molecule has 0 saturated heterocycles. The number of carbonyl (C=O) groups is 1. The van der Waals surface area contributed by atoms with Gasteiger partial charge in [-0.1, -0.05) is 38.2 Å². The molecule has 5 aliphatic rings. The molecule has 0 aromatic rings. The average Bonchev–Trinajstić information content (AvgIpc) is 3.11. The second-order valence-corrected chi connectivity index (χ2v) is 9.12. The van der Waals surface area contributed by atoms with Crippen LogP contribution in [0.1, 0.15) is 46.0 Å². The molecule has 2 heteroatoms. The third-order valence-electron chi connectivity index (χ3n) is 8.16. The molecule has 0 aromatic carbocycles. The van der Waals surface area contributed by atoms with E-state index in [1.165, 1.54) is 24.8 Å². The smallest absolute Gasteiger partial charge is 0.155 e. The molecule has 0 amide bonds. The Morgan fingerprint density at radius 1 is 1.29 bits per heavy atom. The van der Waals surface area contributed by atoms with Gasteiger partial charge in [0.15, 0.2) is 5.78 Å². The van der Waals surface area contributed by atoms with Crippen molar-refractivity contribution in [3.05, 3.63) is 36.0 Å². The van der Waals surface area contributed by atoms with Crippen molar-refractivity contribution in [1.82, 2.24) is 0 Å². The highest BCUT2D eigenvalue weighted by Crippen LogP contribution is 2.67. The SMILES string of the molecule is CC1CC2(C=CCO2)[C@@]2(C)CCC3C4CCC(=O)C=C4C=CC3C12. The van der Waals surface area contributed by atoms with Gasteiger partial charge in [0.1, 0.15) is 0 Å². The van der Waals surface area contributed by atoms with E-state index < -0.39 is 0 Å². The van der Waals surface area contributed by atoms with Gasteiger partial charge in [0.25, 0.3) is 0 Å². The van der Waals surface area contributed by atoms with Crippen LogP contribution >= 0.6 is 0 Å². The maximum Gasteiger partial charge on any atom is 0.155 e. The molecule has 2 saturated carbocycles. The number of hydrogen-bond acceptors (Lipinski definition) is 2. The Morgan fingerprint density at radius 3 is 2.96 bits per heavy atom. The van der Waals surface area contributed by atoms with Crippen LogP contribution in [0.15, 0.2) is 36.0 Å². The van der Waals surface area contributed by atoms with E-state index in [-0.39, 0.29) is 11.0 Å². The van der Waals surface area contributed by atoms with Gasteiger partial charge in [0.2, 0.25) is 0 Å². The Hall–Kier alpha value is -1.15. The molecule has 1 heterocycles. The minimum absolute atomic E-state index is 0.0193. The Labute approximate surface area is 145 Å². The number of ketones is 1. The molecule has 4 aliphatic carbocycles.